The fourth-order valence-electron chi connectivity index (χ4n) is 2.51. The third-order valence-corrected chi connectivity index (χ3v) is 3.92. The standard InChI is InChI=1S/C15H17BrN4/c1-12-17-14(16)11-15(18-12)20-9-7-19(8-10-20)13-5-3-2-4-6-13/h2-6,11H,7-10H2,1H3. The van der Waals surface area contributed by atoms with Gasteiger partial charge in [-0.3, -0.25) is 0 Å². The number of aromatic nitrogens is 2. The Labute approximate surface area is 127 Å². The molecule has 1 aliphatic rings. The van der Waals surface area contributed by atoms with Crippen molar-refractivity contribution in [1.82, 2.24) is 9.97 Å². The summed E-state index contributed by atoms with van der Waals surface area (Å²) in [7, 11) is 0. The molecule has 1 aromatic carbocycles. The van der Waals surface area contributed by atoms with Gasteiger partial charge in [-0.25, -0.2) is 9.97 Å². The first kappa shape index (κ1) is 13.4. The van der Waals surface area contributed by atoms with Crippen molar-refractivity contribution < 1.29 is 0 Å². The average Bonchev–Trinajstić information content (AvgIpc) is 2.47. The molecule has 0 aliphatic carbocycles. The third kappa shape index (κ3) is 2.93. The van der Waals surface area contributed by atoms with Gasteiger partial charge in [-0.1, -0.05) is 18.2 Å². The number of hydrogen-bond donors (Lipinski definition) is 0. The predicted molar refractivity (Wildman–Crippen MR) is 85.3 cm³/mol. The highest BCUT2D eigenvalue weighted by Crippen LogP contribution is 2.20. The number of benzene rings is 1. The van der Waals surface area contributed by atoms with Gasteiger partial charge in [0.05, 0.1) is 0 Å². The smallest absolute Gasteiger partial charge is 0.133 e. The molecule has 1 saturated heterocycles. The van der Waals surface area contributed by atoms with Crippen LogP contribution in [0.25, 0.3) is 0 Å². The second-order valence-electron chi connectivity index (χ2n) is 4.91. The van der Waals surface area contributed by atoms with Crippen LogP contribution in [-0.2, 0) is 0 Å². The molecule has 1 fully saturated rings. The quantitative estimate of drug-likeness (QED) is 0.791. The number of anilines is 2. The van der Waals surface area contributed by atoms with Crippen molar-refractivity contribution in [1.29, 1.82) is 0 Å². The molecule has 0 radical (unpaired) electrons. The second kappa shape index (κ2) is 5.79. The summed E-state index contributed by atoms with van der Waals surface area (Å²) in [5, 5.41) is 0. The minimum atomic E-state index is 0.805. The lowest BCUT2D eigenvalue weighted by Crippen LogP contribution is -2.46. The van der Waals surface area contributed by atoms with Gasteiger partial charge in [0.25, 0.3) is 0 Å². The Kier molecular flexibility index (Phi) is 3.87. The zero-order valence-corrected chi connectivity index (χ0v) is 13.0. The van der Waals surface area contributed by atoms with Crippen LogP contribution in [0.1, 0.15) is 5.82 Å². The van der Waals surface area contributed by atoms with Crippen LogP contribution in [-0.4, -0.2) is 36.1 Å². The molecule has 20 heavy (non-hydrogen) atoms. The molecule has 0 spiro atoms. The van der Waals surface area contributed by atoms with E-state index in [1.165, 1.54) is 5.69 Å². The monoisotopic (exact) mass is 332 g/mol. The topological polar surface area (TPSA) is 32.3 Å². The molecule has 1 aromatic heterocycles. The van der Waals surface area contributed by atoms with Crippen LogP contribution in [0.4, 0.5) is 11.5 Å². The van der Waals surface area contributed by atoms with E-state index in [4.69, 9.17) is 0 Å². The maximum Gasteiger partial charge on any atom is 0.133 e. The zero-order valence-electron chi connectivity index (χ0n) is 11.5. The van der Waals surface area contributed by atoms with Gasteiger partial charge in [0.1, 0.15) is 16.2 Å². The Bertz CT molecular complexity index is 559. The zero-order chi connectivity index (χ0) is 13.9. The minimum Gasteiger partial charge on any atom is -0.368 e. The fraction of sp³-hybridized carbons (Fsp3) is 0.333. The lowest BCUT2D eigenvalue weighted by molar-refractivity contribution is 0.645. The highest BCUT2D eigenvalue weighted by Gasteiger charge is 2.18. The number of para-hydroxylation sites is 1. The molecule has 0 N–H and O–H groups in total. The maximum atomic E-state index is 4.52. The Balaban J connectivity index is 1.69. The molecule has 5 heteroatoms. The summed E-state index contributed by atoms with van der Waals surface area (Å²) < 4.78 is 0.852. The van der Waals surface area contributed by atoms with Crippen LogP contribution in [0.3, 0.4) is 0 Å². The lowest BCUT2D eigenvalue weighted by Gasteiger charge is -2.36. The van der Waals surface area contributed by atoms with Crippen molar-refractivity contribution >= 4 is 27.4 Å². The van der Waals surface area contributed by atoms with E-state index in [2.05, 4.69) is 66.0 Å². The normalized spacial score (nSPS) is 15.5. The van der Waals surface area contributed by atoms with Gasteiger partial charge in [0.2, 0.25) is 0 Å². The number of halogens is 1. The second-order valence-corrected chi connectivity index (χ2v) is 5.72. The molecular formula is C15H17BrN4. The van der Waals surface area contributed by atoms with E-state index in [0.717, 1.165) is 42.4 Å². The third-order valence-electron chi connectivity index (χ3n) is 3.52. The molecule has 0 bridgehead atoms. The Morgan fingerprint density at radius 2 is 1.60 bits per heavy atom. The van der Waals surface area contributed by atoms with Gasteiger partial charge in [0.15, 0.2) is 0 Å². The fourth-order valence-corrected chi connectivity index (χ4v) is 2.97. The van der Waals surface area contributed by atoms with Crippen molar-refractivity contribution in [2.75, 3.05) is 36.0 Å². The highest BCUT2D eigenvalue weighted by atomic mass is 79.9. The van der Waals surface area contributed by atoms with E-state index >= 15 is 0 Å². The molecule has 4 nitrogen and oxygen atoms in total. The number of aryl methyl sites for hydroxylation is 1. The first-order chi connectivity index (χ1) is 9.72. The van der Waals surface area contributed by atoms with Crippen LogP contribution < -0.4 is 9.80 Å². The van der Waals surface area contributed by atoms with Gasteiger partial charge in [-0.05, 0) is 35.0 Å². The average molecular weight is 333 g/mol. The molecule has 0 amide bonds. The molecule has 2 heterocycles. The van der Waals surface area contributed by atoms with Gasteiger partial charge in [-0.2, -0.15) is 0 Å². The van der Waals surface area contributed by atoms with Crippen LogP contribution in [0.2, 0.25) is 0 Å². The van der Waals surface area contributed by atoms with Crippen LogP contribution in [0, 0.1) is 6.92 Å². The lowest BCUT2D eigenvalue weighted by atomic mass is 10.2. The van der Waals surface area contributed by atoms with Gasteiger partial charge in [-0.15, -0.1) is 0 Å². The van der Waals surface area contributed by atoms with Gasteiger partial charge < -0.3 is 9.80 Å². The highest BCUT2D eigenvalue weighted by molar-refractivity contribution is 9.10. The number of nitrogens with zero attached hydrogens (tertiary/aromatic N) is 4. The van der Waals surface area contributed by atoms with E-state index in [0.29, 0.717) is 0 Å². The summed E-state index contributed by atoms with van der Waals surface area (Å²) in [5.41, 5.74) is 1.30. The van der Waals surface area contributed by atoms with Gasteiger partial charge in [0, 0.05) is 37.9 Å². The molecular weight excluding hydrogens is 316 g/mol. The van der Waals surface area contributed by atoms with E-state index in [1.807, 2.05) is 13.0 Å². The van der Waals surface area contributed by atoms with Crippen molar-refractivity contribution in [3.63, 3.8) is 0 Å². The number of rotatable bonds is 2. The molecule has 0 unspecified atom stereocenters. The molecule has 2 aromatic rings. The number of piperazine rings is 1. The van der Waals surface area contributed by atoms with Crippen LogP contribution >= 0.6 is 15.9 Å². The molecule has 0 saturated carbocycles. The van der Waals surface area contributed by atoms with E-state index < -0.39 is 0 Å². The van der Waals surface area contributed by atoms with E-state index in [9.17, 15) is 0 Å². The summed E-state index contributed by atoms with van der Waals surface area (Å²) in [5.74, 6) is 1.82. The first-order valence-corrected chi connectivity index (χ1v) is 7.58. The van der Waals surface area contributed by atoms with Gasteiger partial charge >= 0.3 is 0 Å². The maximum absolute atomic E-state index is 4.52. The number of hydrogen-bond acceptors (Lipinski definition) is 4. The van der Waals surface area contributed by atoms with Crippen molar-refractivity contribution in [2.24, 2.45) is 0 Å². The Morgan fingerprint density at radius 1 is 0.950 bits per heavy atom. The first-order valence-electron chi connectivity index (χ1n) is 6.78. The molecule has 104 valence electrons. The van der Waals surface area contributed by atoms with Crippen molar-refractivity contribution in [3.05, 3.63) is 46.8 Å². The predicted octanol–water partition coefficient (Wildman–Crippen LogP) is 2.87. The molecule has 0 atom stereocenters. The SMILES string of the molecule is Cc1nc(Br)cc(N2CCN(c3ccccc3)CC2)n1. The molecule has 1 aliphatic heterocycles. The summed E-state index contributed by atoms with van der Waals surface area (Å²) in [6.45, 7) is 5.93. The summed E-state index contributed by atoms with van der Waals surface area (Å²) in [6.07, 6.45) is 0. The summed E-state index contributed by atoms with van der Waals surface area (Å²) in [6, 6.07) is 12.6. The van der Waals surface area contributed by atoms with E-state index in [1.54, 1.807) is 0 Å². The van der Waals surface area contributed by atoms with Crippen LogP contribution in [0.5, 0.6) is 0 Å². The summed E-state index contributed by atoms with van der Waals surface area (Å²) in [4.78, 5) is 13.5. The largest absolute Gasteiger partial charge is 0.368 e. The summed E-state index contributed by atoms with van der Waals surface area (Å²) >= 11 is 3.44. The van der Waals surface area contributed by atoms with Crippen LogP contribution in [0.15, 0.2) is 41.0 Å². The van der Waals surface area contributed by atoms with E-state index in [-0.39, 0.29) is 0 Å². The Hall–Kier alpha value is -1.62. The Morgan fingerprint density at radius 3 is 2.25 bits per heavy atom. The minimum absolute atomic E-state index is 0.805. The molecule has 3 rings (SSSR count). The van der Waals surface area contributed by atoms with Crippen molar-refractivity contribution in [3.8, 4) is 0 Å². The van der Waals surface area contributed by atoms with Crippen molar-refractivity contribution in [2.45, 2.75) is 6.92 Å².